The van der Waals surface area contributed by atoms with Gasteiger partial charge >= 0.3 is 12.1 Å². The number of halogens is 3. The van der Waals surface area contributed by atoms with E-state index in [4.69, 9.17) is 9.90 Å². The Kier molecular flexibility index (Phi) is 7.14. The van der Waals surface area contributed by atoms with E-state index in [9.17, 15) is 18.0 Å². The second-order valence-corrected chi connectivity index (χ2v) is 8.29. The Balaban J connectivity index is 0.000000318. The predicted octanol–water partition coefficient (Wildman–Crippen LogP) is 2.80. The molecule has 0 aliphatic carbocycles. The molecule has 1 fully saturated rings. The summed E-state index contributed by atoms with van der Waals surface area (Å²) in [5.74, 6) is -2.53. The van der Waals surface area contributed by atoms with Crippen LogP contribution in [0, 0.1) is 0 Å². The number of hydrogen-bond acceptors (Lipinski definition) is 5. The highest BCUT2D eigenvalue weighted by atomic mass is 32.1. The lowest BCUT2D eigenvalue weighted by Gasteiger charge is -2.35. The average molecular weight is 444 g/mol. The molecular formula is C19H23F3N4O3S. The lowest BCUT2D eigenvalue weighted by Crippen LogP contribution is -2.45. The summed E-state index contributed by atoms with van der Waals surface area (Å²) >= 11 is 1.66. The molecule has 7 nitrogen and oxygen atoms in total. The van der Waals surface area contributed by atoms with Gasteiger partial charge in [-0.2, -0.15) is 18.3 Å². The van der Waals surface area contributed by atoms with E-state index in [-0.39, 0.29) is 11.9 Å². The number of fused-ring (bicyclic) bond motifs is 1. The number of aliphatic carboxylic acids is 1. The highest BCUT2D eigenvalue weighted by Gasteiger charge is 2.38. The van der Waals surface area contributed by atoms with Crippen molar-refractivity contribution < 1.29 is 27.9 Å². The van der Waals surface area contributed by atoms with Crippen LogP contribution in [0.4, 0.5) is 13.2 Å². The van der Waals surface area contributed by atoms with Gasteiger partial charge in [0.25, 0.3) is 0 Å². The van der Waals surface area contributed by atoms with Crippen LogP contribution in [0.5, 0.6) is 0 Å². The van der Waals surface area contributed by atoms with Crippen LogP contribution in [-0.2, 0) is 22.6 Å². The van der Waals surface area contributed by atoms with Crippen molar-refractivity contribution in [3.8, 4) is 0 Å². The smallest absolute Gasteiger partial charge is 0.475 e. The molecular weight excluding hydrogens is 421 g/mol. The molecule has 0 aromatic carbocycles. The summed E-state index contributed by atoms with van der Waals surface area (Å²) in [5, 5.41) is 13.7. The van der Waals surface area contributed by atoms with E-state index >= 15 is 0 Å². The van der Waals surface area contributed by atoms with Crippen molar-refractivity contribution in [3.63, 3.8) is 0 Å². The SMILES string of the molecule is O=C(Cc1cccs1)N1Cc2ccnn2C(CN2CCCC2)C1.O=C(O)C(F)(F)F. The largest absolute Gasteiger partial charge is 0.490 e. The number of alkyl halides is 3. The van der Waals surface area contributed by atoms with Gasteiger partial charge in [0, 0.05) is 24.2 Å². The van der Waals surface area contributed by atoms with Gasteiger partial charge in [-0.25, -0.2) is 4.79 Å². The van der Waals surface area contributed by atoms with Gasteiger partial charge in [-0.15, -0.1) is 11.3 Å². The molecule has 4 heterocycles. The van der Waals surface area contributed by atoms with E-state index in [2.05, 4.69) is 14.7 Å². The van der Waals surface area contributed by atoms with Gasteiger partial charge < -0.3 is 14.9 Å². The van der Waals surface area contributed by atoms with Crippen LogP contribution in [-0.4, -0.2) is 68.9 Å². The quantitative estimate of drug-likeness (QED) is 0.785. The summed E-state index contributed by atoms with van der Waals surface area (Å²) in [5.41, 5.74) is 1.15. The number of amides is 1. The minimum atomic E-state index is -5.08. The first-order chi connectivity index (χ1) is 14.2. The Labute approximate surface area is 175 Å². The van der Waals surface area contributed by atoms with E-state index in [0.717, 1.165) is 23.7 Å². The van der Waals surface area contributed by atoms with Crippen molar-refractivity contribution in [2.45, 2.75) is 38.0 Å². The fourth-order valence-electron chi connectivity index (χ4n) is 3.65. The van der Waals surface area contributed by atoms with Crippen molar-refractivity contribution in [3.05, 3.63) is 40.3 Å². The van der Waals surface area contributed by atoms with Gasteiger partial charge in [-0.1, -0.05) is 6.07 Å². The molecule has 164 valence electrons. The number of hydrogen-bond donors (Lipinski definition) is 1. The Morgan fingerprint density at radius 3 is 2.53 bits per heavy atom. The predicted molar refractivity (Wildman–Crippen MR) is 104 cm³/mol. The van der Waals surface area contributed by atoms with Gasteiger partial charge in [-0.05, 0) is 43.4 Å². The molecule has 1 unspecified atom stereocenters. The second kappa shape index (κ2) is 9.61. The maximum atomic E-state index is 12.7. The van der Waals surface area contributed by atoms with Crippen LogP contribution in [0.3, 0.4) is 0 Å². The van der Waals surface area contributed by atoms with Gasteiger partial charge in [0.15, 0.2) is 0 Å². The fraction of sp³-hybridized carbons (Fsp3) is 0.526. The summed E-state index contributed by atoms with van der Waals surface area (Å²) in [6.45, 7) is 4.81. The second-order valence-electron chi connectivity index (χ2n) is 7.26. The molecule has 2 aliphatic heterocycles. The van der Waals surface area contributed by atoms with E-state index in [1.54, 1.807) is 11.3 Å². The topological polar surface area (TPSA) is 78.7 Å². The minimum Gasteiger partial charge on any atom is -0.475 e. The number of rotatable bonds is 4. The molecule has 1 N–H and O–H groups in total. The Bertz CT molecular complexity index is 848. The summed E-state index contributed by atoms with van der Waals surface area (Å²) < 4.78 is 33.9. The molecule has 0 radical (unpaired) electrons. The van der Waals surface area contributed by atoms with Gasteiger partial charge in [0.1, 0.15) is 0 Å². The highest BCUT2D eigenvalue weighted by molar-refractivity contribution is 7.10. The third-order valence-electron chi connectivity index (χ3n) is 5.05. The molecule has 2 aromatic rings. The zero-order chi connectivity index (χ0) is 21.7. The lowest BCUT2D eigenvalue weighted by atomic mass is 10.1. The van der Waals surface area contributed by atoms with E-state index in [0.29, 0.717) is 13.0 Å². The Morgan fingerprint density at radius 1 is 1.23 bits per heavy atom. The summed E-state index contributed by atoms with van der Waals surface area (Å²) in [6, 6.07) is 6.37. The summed E-state index contributed by atoms with van der Waals surface area (Å²) in [6.07, 6.45) is -0.124. The first-order valence-electron chi connectivity index (χ1n) is 9.59. The fourth-order valence-corrected chi connectivity index (χ4v) is 4.35. The normalized spacial score (nSPS) is 19.2. The number of carboxylic acid groups (broad SMARTS) is 1. The van der Waals surface area contributed by atoms with E-state index in [1.165, 1.54) is 25.9 Å². The zero-order valence-electron chi connectivity index (χ0n) is 16.2. The zero-order valence-corrected chi connectivity index (χ0v) is 17.0. The number of carbonyl (C=O) groups is 2. The maximum absolute atomic E-state index is 12.7. The van der Waals surface area contributed by atoms with Crippen LogP contribution in [0.15, 0.2) is 29.8 Å². The van der Waals surface area contributed by atoms with Gasteiger partial charge in [-0.3, -0.25) is 9.48 Å². The van der Waals surface area contributed by atoms with E-state index in [1.807, 2.05) is 34.7 Å². The molecule has 0 saturated carbocycles. The van der Waals surface area contributed by atoms with Crippen molar-refractivity contribution in [2.24, 2.45) is 0 Å². The molecule has 1 amide bonds. The van der Waals surface area contributed by atoms with Crippen molar-refractivity contribution in [2.75, 3.05) is 26.2 Å². The molecule has 2 aromatic heterocycles. The Hall–Kier alpha value is -2.40. The van der Waals surface area contributed by atoms with Crippen LogP contribution in [0.25, 0.3) is 0 Å². The number of likely N-dealkylation sites (tertiary alicyclic amines) is 1. The van der Waals surface area contributed by atoms with Crippen molar-refractivity contribution >= 4 is 23.2 Å². The number of thiophene rings is 1. The molecule has 0 bridgehead atoms. The molecule has 1 atom stereocenters. The van der Waals surface area contributed by atoms with Gasteiger partial charge in [0.2, 0.25) is 5.91 Å². The monoisotopic (exact) mass is 444 g/mol. The van der Waals surface area contributed by atoms with Crippen LogP contribution >= 0.6 is 11.3 Å². The standard InChI is InChI=1S/C17H22N4OS.C2HF3O2/c22-17(10-16-4-3-9-23-16)20-12-14-5-6-18-21(14)15(13-20)11-19-7-1-2-8-19;3-2(4,5)1(6)7/h3-6,9,15H,1-2,7-8,10-13H2;(H,6,7). The van der Waals surface area contributed by atoms with E-state index < -0.39 is 12.1 Å². The number of aromatic nitrogens is 2. The molecule has 0 spiro atoms. The number of nitrogens with zero attached hydrogens (tertiary/aromatic N) is 4. The van der Waals surface area contributed by atoms with Gasteiger partial charge in [0.05, 0.1) is 24.7 Å². The first kappa shape index (κ1) is 22.3. The number of carbonyl (C=O) groups excluding carboxylic acids is 1. The molecule has 11 heteroatoms. The molecule has 30 heavy (non-hydrogen) atoms. The van der Waals surface area contributed by atoms with Crippen LogP contribution in [0.2, 0.25) is 0 Å². The third kappa shape index (κ3) is 5.82. The minimum absolute atomic E-state index is 0.228. The molecule has 4 rings (SSSR count). The maximum Gasteiger partial charge on any atom is 0.490 e. The molecule has 2 aliphatic rings. The first-order valence-corrected chi connectivity index (χ1v) is 10.5. The Morgan fingerprint density at radius 2 is 1.93 bits per heavy atom. The van der Waals surface area contributed by atoms with Crippen molar-refractivity contribution in [1.82, 2.24) is 19.6 Å². The average Bonchev–Trinajstić information content (AvgIpc) is 3.44. The van der Waals surface area contributed by atoms with Crippen molar-refractivity contribution in [1.29, 1.82) is 0 Å². The highest BCUT2D eigenvalue weighted by Crippen LogP contribution is 2.24. The summed E-state index contributed by atoms with van der Waals surface area (Å²) in [7, 11) is 0. The number of carboxylic acids is 1. The molecule has 1 saturated heterocycles. The van der Waals surface area contributed by atoms with Crippen LogP contribution < -0.4 is 0 Å². The summed E-state index contributed by atoms with van der Waals surface area (Å²) in [4.78, 5) is 27.2. The van der Waals surface area contributed by atoms with Crippen LogP contribution in [0.1, 0.15) is 29.5 Å². The third-order valence-corrected chi connectivity index (χ3v) is 5.93. The lowest BCUT2D eigenvalue weighted by molar-refractivity contribution is -0.192.